The maximum absolute atomic E-state index is 6.37. The standard InChI is InChI=1S/C16H20O2/c1-10-8-16(2)13-7-11(10)9-17-15(13)12-5-3-4-6-14(12)18-16/h3-6,10-11,13,15H,7-9H2,1-2H3/t10-,11+,13+,15+,16+/m1/s1. The van der Waals surface area contributed by atoms with Gasteiger partial charge in [0.1, 0.15) is 11.4 Å². The lowest BCUT2D eigenvalue weighted by Crippen LogP contribution is -2.56. The largest absolute Gasteiger partial charge is 0.487 e. The highest BCUT2D eigenvalue weighted by Gasteiger charge is 2.54. The molecule has 3 aliphatic rings. The second-order valence-corrected chi connectivity index (χ2v) is 6.49. The highest BCUT2D eigenvalue weighted by atomic mass is 16.5. The average molecular weight is 244 g/mol. The predicted octanol–water partition coefficient (Wildman–Crippen LogP) is 3.57. The van der Waals surface area contributed by atoms with E-state index in [0.717, 1.165) is 24.7 Å². The first-order valence-electron chi connectivity index (χ1n) is 7.07. The number of hydrogen-bond acceptors (Lipinski definition) is 2. The van der Waals surface area contributed by atoms with Crippen molar-refractivity contribution >= 4 is 0 Å². The summed E-state index contributed by atoms with van der Waals surface area (Å²) in [5, 5.41) is 0. The van der Waals surface area contributed by atoms with Crippen LogP contribution in [0.5, 0.6) is 5.75 Å². The van der Waals surface area contributed by atoms with E-state index >= 15 is 0 Å². The van der Waals surface area contributed by atoms with Crippen LogP contribution in [-0.2, 0) is 4.74 Å². The van der Waals surface area contributed by atoms with Gasteiger partial charge in [0, 0.05) is 11.5 Å². The molecule has 1 saturated heterocycles. The zero-order valence-electron chi connectivity index (χ0n) is 11.1. The fourth-order valence-corrected chi connectivity index (χ4v) is 4.27. The van der Waals surface area contributed by atoms with Crippen molar-refractivity contribution in [3.05, 3.63) is 29.8 Å². The zero-order chi connectivity index (χ0) is 12.3. The highest BCUT2D eigenvalue weighted by Crippen LogP contribution is 2.56. The molecule has 2 heteroatoms. The molecule has 0 amide bonds. The van der Waals surface area contributed by atoms with Crippen molar-refractivity contribution in [1.29, 1.82) is 0 Å². The van der Waals surface area contributed by atoms with Crippen LogP contribution >= 0.6 is 0 Å². The number of fused-ring (bicyclic) bond motifs is 3. The van der Waals surface area contributed by atoms with Gasteiger partial charge in [-0.05, 0) is 37.7 Å². The van der Waals surface area contributed by atoms with E-state index in [9.17, 15) is 0 Å². The van der Waals surface area contributed by atoms with Gasteiger partial charge in [-0.2, -0.15) is 0 Å². The van der Waals surface area contributed by atoms with E-state index in [2.05, 4.69) is 38.1 Å². The van der Waals surface area contributed by atoms with Gasteiger partial charge in [-0.25, -0.2) is 0 Å². The van der Waals surface area contributed by atoms with Crippen molar-refractivity contribution in [1.82, 2.24) is 0 Å². The van der Waals surface area contributed by atoms with Crippen molar-refractivity contribution in [3.63, 3.8) is 0 Å². The van der Waals surface area contributed by atoms with Crippen LogP contribution in [0.3, 0.4) is 0 Å². The SMILES string of the molecule is C[C@@H]1C[C@]2(C)Oc3ccccc3[C@@H]3OC[C@@H]1C[C@@H]32. The summed E-state index contributed by atoms with van der Waals surface area (Å²) in [6.45, 7) is 5.55. The minimum atomic E-state index is -0.0324. The zero-order valence-corrected chi connectivity index (χ0v) is 11.1. The number of ether oxygens (including phenoxy) is 2. The van der Waals surface area contributed by atoms with Crippen LogP contribution in [0.4, 0.5) is 0 Å². The van der Waals surface area contributed by atoms with Crippen molar-refractivity contribution in [3.8, 4) is 5.75 Å². The van der Waals surface area contributed by atoms with E-state index < -0.39 is 0 Å². The Hall–Kier alpha value is -1.02. The van der Waals surface area contributed by atoms with Gasteiger partial charge in [0.2, 0.25) is 0 Å². The van der Waals surface area contributed by atoms with Crippen molar-refractivity contribution in [2.75, 3.05) is 6.61 Å². The van der Waals surface area contributed by atoms with Gasteiger partial charge < -0.3 is 9.47 Å². The van der Waals surface area contributed by atoms with E-state index in [4.69, 9.17) is 9.47 Å². The smallest absolute Gasteiger partial charge is 0.125 e. The Morgan fingerprint density at radius 1 is 1.28 bits per heavy atom. The first-order chi connectivity index (χ1) is 8.67. The molecule has 1 aromatic rings. The third-order valence-electron chi connectivity index (χ3n) is 5.30. The second kappa shape index (κ2) is 3.51. The van der Waals surface area contributed by atoms with Gasteiger partial charge in [0.25, 0.3) is 0 Å². The second-order valence-electron chi connectivity index (χ2n) is 6.49. The summed E-state index contributed by atoms with van der Waals surface area (Å²) >= 11 is 0. The maximum Gasteiger partial charge on any atom is 0.125 e. The Labute approximate surface area is 108 Å². The molecular weight excluding hydrogens is 224 g/mol. The van der Waals surface area contributed by atoms with E-state index in [0.29, 0.717) is 11.8 Å². The average Bonchev–Trinajstić information content (AvgIpc) is 2.37. The molecule has 1 aromatic carbocycles. The van der Waals surface area contributed by atoms with E-state index in [1.165, 1.54) is 12.0 Å². The fraction of sp³-hybridized carbons (Fsp3) is 0.625. The van der Waals surface area contributed by atoms with Crippen LogP contribution in [0.2, 0.25) is 0 Å². The minimum absolute atomic E-state index is 0.0324. The van der Waals surface area contributed by atoms with Crippen molar-refractivity contribution < 1.29 is 9.47 Å². The summed E-state index contributed by atoms with van der Waals surface area (Å²) in [6.07, 6.45) is 2.68. The minimum Gasteiger partial charge on any atom is -0.487 e. The lowest BCUT2D eigenvalue weighted by atomic mass is 9.62. The summed E-state index contributed by atoms with van der Waals surface area (Å²) in [5.41, 5.74) is 1.23. The summed E-state index contributed by atoms with van der Waals surface area (Å²) in [6, 6.07) is 8.40. The predicted molar refractivity (Wildman–Crippen MR) is 69.5 cm³/mol. The topological polar surface area (TPSA) is 18.5 Å². The van der Waals surface area contributed by atoms with Gasteiger partial charge in [-0.3, -0.25) is 0 Å². The van der Waals surface area contributed by atoms with Gasteiger partial charge in [-0.15, -0.1) is 0 Å². The van der Waals surface area contributed by atoms with Gasteiger partial charge in [0.15, 0.2) is 0 Å². The summed E-state index contributed by atoms with van der Waals surface area (Å²) in [4.78, 5) is 0. The Kier molecular flexibility index (Phi) is 2.12. The molecule has 0 N–H and O–H groups in total. The van der Waals surface area contributed by atoms with Crippen LogP contribution in [0.15, 0.2) is 24.3 Å². The van der Waals surface area contributed by atoms with Gasteiger partial charge >= 0.3 is 0 Å². The first kappa shape index (κ1) is 10.9. The molecule has 1 aliphatic carbocycles. The lowest BCUT2D eigenvalue weighted by molar-refractivity contribution is -0.184. The Balaban J connectivity index is 1.83. The molecule has 2 heterocycles. The number of rotatable bonds is 0. The van der Waals surface area contributed by atoms with E-state index in [1.54, 1.807) is 0 Å². The molecule has 2 fully saturated rings. The molecular formula is C16H20O2. The number of benzene rings is 1. The molecule has 2 nitrogen and oxygen atoms in total. The third kappa shape index (κ3) is 1.33. The maximum atomic E-state index is 6.37. The Morgan fingerprint density at radius 3 is 3.00 bits per heavy atom. The van der Waals surface area contributed by atoms with E-state index in [1.807, 2.05) is 0 Å². The molecule has 18 heavy (non-hydrogen) atoms. The molecule has 4 rings (SSSR count). The molecule has 0 radical (unpaired) electrons. The molecule has 2 bridgehead atoms. The molecule has 96 valence electrons. The summed E-state index contributed by atoms with van der Waals surface area (Å²) in [7, 11) is 0. The van der Waals surface area contributed by atoms with Crippen LogP contribution < -0.4 is 4.74 Å². The first-order valence-corrected chi connectivity index (χ1v) is 7.07. The lowest BCUT2D eigenvalue weighted by Gasteiger charge is -2.55. The fourth-order valence-electron chi connectivity index (χ4n) is 4.27. The van der Waals surface area contributed by atoms with Gasteiger partial charge in [-0.1, -0.05) is 25.1 Å². The molecule has 0 spiro atoms. The van der Waals surface area contributed by atoms with E-state index in [-0.39, 0.29) is 11.7 Å². The van der Waals surface area contributed by atoms with Crippen molar-refractivity contribution in [2.45, 2.75) is 38.4 Å². The molecule has 1 saturated carbocycles. The third-order valence-corrected chi connectivity index (χ3v) is 5.30. The number of hydrogen-bond donors (Lipinski definition) is 0. The monoisotopic (exact) mass is 244 g/mol. The molecule has 2 aliphatic heterocycles. The summed E-state index contributed by atoms with van der Waals surface area (Å²) < 4.78 is 12.6. The molecule has 0 aromatic heterocycles. The molecule has 5 atom stereocenters. The Bertz CT molecular complexity index is 484. The Morgan fingerprint density at radius 2 is 2.11 bits per heavy atom. The van der Waals surface area contributed by atoms with Crippen LogP contribution in [0.1, 0.15) is 38.4 Å². The van der Waals surface area contributed by atoms with Crippen LogP contribution in [0, 0.1) is 17.8 Å². The summed E-state index contributed by atoms with van der Waals surface area (Å²) in [5.74, 6) is 3.00. The van der Waals surface area contributed by atoms with Crippen LogP contribution in [-0.4, -0.2) is 12.2 Å². The van der Waals surface area contributed by atoms with Gasteiger partial charge in [0.05, 0.1) is 12.7 Å². The van der Waals surface area contributed by atoms with Crippen LogP contribution in [0.25, 0.3) is 0 Å². The quantitative estimate of drug-likeness (QED) is 0.694. The molecule has 0 unspecified atom stereocenters. The highest BCUT2D eigenvalue weighted by molar-refractivity contribution is 5.39. The normalized spacial score (nSPS) is 45.0. The van der Waals surface area contributed by atoms with Crippen molar-refractivity contribution in [2.24, 2.45) is 17.8 Å². The number of para-hydroxylation sites is 1.